The maximum Gasteiger partial charge on any atom is 0.161 e. The maximum absolute atomic E-state index is 10.2. The fourth-order valence-corrected chi connectivity index (χ4v) is 1.94. The minimum Gasteiger partial charge on any atom is -0.493 e. The van der Waals surface area contributed by atoms with Gasteiger partial charge < -0.3 is 14.3 Å². The lowest BCUT2D eigenvalue weighted by Crippen LogP contribution is -1.90. The van der Waals surface area contributed by atoms with E-state index in [0.29, 0.717) is 12.2 Å². The summed E-state index contributed by atoms with van der Waals surface area (Å²) in [6.45, 7) is 0. The van der Waals surface area contributed by atoms with Crippen LogP contribution in [0.5, 0.6) is 11.5 Å². The van der Waals surface area contributed by atoms with Crippen molar-refractivity contribution in [2.45, 2.75) is 11.3 Å². The Morgan fingerprint density at radius 1 is 1.27 bits per heavy atom. The van der Waals surface area contributed by atoms with Gasteiger partial charge in [0.05, 0.1) is 14.2 Å². The molecular weight excluding hydrogens is 212 g/mol. The quantitative estimate of drug-likeness (QED) is 0.424. The van der Waals surface area contributed by atoms with E-state index in [0.717, 1.165) is 22.7 Å². The van der Waals surface area contributed by atoms with Gasteiger partial charge in [-0.3, -0.25) is 0 Å². The van der Waals surface area contributed by atoms with Crippen molar-refractivity contribution in [1.29, 1.82) is 0 Å². The van der Waals surface area contributed by atoms with Gasteiger partial charge in [-0.1, -0.05) is 0 Å². The van der Waals surface area contributed by atoms with E-state index in [-0.39, 0.29) is 0 Å². The highest BCUT2D eigenvalue weighted by Gasteiger charge is 2.04. The highest BCUT2D eigenvalue weighted by Crippen LogP contribution is 2.31. The first kappa shape index (κ1) is 11.9. The molecule has 0 bridgehead atoms. The monoisotopic (exact) mass is 226 g/mol. The van der Waals surface area contributed by atoms with E-state index >= 15 is 0 Å². The topological polar surface area (TPSA) is 35.5 Å². The molecule has 0 radical (unpaired) electrons. The predicted octanol–water partition coefficient (Wildman–Crippen LogP) is 2.38. The average molecular weight is 226 g/mol. The molecule has 0 N–H and O–H groups in total. The number of rotatable bonds is 6. The van der Waals surface area contributed by atoms with Gasteiger partial charge in [0.25, 0.3) is 0 Å². The first-order valence-corrected chi connectivity index (χ1v) is 5.59. The molecule has 0 amide bonds. The fraction of sp³-hybridized carbons (Fsp3) is 0.364. The third-order valence-electron chi connectivity index (χ3n) is 1.86. The van der Waals surface area contributed by atoms with Gasteiger partial charge in [-0.05, 0) is 18.2 Å². The molecule has 0 fully saturated rings. The highest BCUT2D eigenvalue weighted by atomic mass is 32.2. The molecule has 0 aromatic heterocycles. The lowest BCUT2D eigenvalue weighted by molar-refractivity contribution is -0.107. The zero-order valence-corrected chi connectivity index (χ0v) is 9.67. The van der Waals surface area contributed by atoms with E-state index in [9.17, 15) is 4.79 Å². The Balaban J connectivity index is 2.69. The van der Waals surface area contributed by atoms with Gasteiger partial charge in [-0.25, -0.2) is 0 Å². The molecule has 0 aliphatic carbocycles. The molecule has 0 spiro atoms. The smallest absolute Gasteiger partial charge is 0.161 e. The summed E-state index contributed by atoms with van der Waals surface area (Å²) in [5.74, 6) is 2.23. The molecule has 3 nitrogen and oxygen atoms in total. The standard InChI is InChI=1S/C11H14O3S/c1-13-10-5-4-9(8-11(10)14-2)15-7-3-6-12/h4-6,8H,3,7H2,1-2H3. The van der Waals surface area contributed by atoms with Crippen LogP contribution in [0.15, 0.2) is 23.1 Å². The van der Waals surface area contributed by atoms with Gasteiger partial charge in [-0.15, -0.1) is 11.8 Å². The summed E-state index contributed by atoms with van der Waals surface area (Å²) >= 11 is 1.63. The second kappa shape index (κ2) is 6.35. The molecule has 1 aromatic rings. The predicted molar refractivity (Wildman–Crippen MR) is 61.0 cm³/mol. The van der Waals surface area contributed by atoms with Gasteiger partial charge >= 0.3 is 0 Å². The molecule has 0 aliphatic heterocycles. The van der Waals surface area contributed by atoms with Crippen LogP contribution in [-0.4, -0.2) is 26.3 Å². The third kappa shape index (κ3) is 3.47. The highest BCUT2D eigenvalue weighted by molar-refractivity contribution is 7.99. The van der Waals surface area contributed by atoms with Crippen LogP contribution in [0.4, 0.5) is 0 Å². The summed E-state index contributed by atoms with van der Waals surface area (Å²) in [6, 6.07) is 5.73. The van der Waals surface area contributed by atoms with Crippen molar-refractivity contribution >= 4 is 18.0 Å². The number of aldehydes is 1. The number of hydrogen-bond acceptors (Lipinski definition) is 4. The van der Waals surface area contributed by atoms with E-state index < -0.39 is 0 Å². The van der Waals surface area contributed by atoms with Gasteiger partial charge in [-0.2, -0.15) is 0 Å². The summed E-state index contributed by atoms with van der Waals surface area (Å²) in [4.78, 5) is 11.2. The minimum atomic E-state index is 0.568. The van der Waals surface area contributed by atoms with E-state index in [4.69, 9.17) is 9.47 Å². The SMILES string of the molecule is COc1ccc(SCCC=O)cc1OC. The molecule has 15 heavy (non-hydrogen) atoms. The lowest BCUT2D eigenvalue weighted by Gasteiger charge is -2.08. The molecule has 0 saturated heterocycles. The second-order valence-electron chi connectivity index (χ2n) is 2.82. The Hall–Kier alpha value is -1.16. The van der Waals surface area contributed by atoms with Crippen LogP contribution in [0.25, 0.3) is 0 Å². The Kier molecular flexibility index (Phi) is 5.04. The first-order chi connectivity index (χ1) is 7.31. The number of carbonyl (C=O) groups excluding carboxylic acids is 1. The molecular formula is C11H14O3S. The third-order valence-corrected chi connectivity index (χ3v) is 2.89. The number of ether oxygens (including phenoxy) is 2. The Labute approximate surface area is 93.8 Å². The number of methoxy groups -OCH3 is 2. The molecule has 1 rings (SSSR count). The average Bonchev–Trinajstić information content (AvgIpc) is 2.29. The van der Waals surface area contributed by atoms with Gasteiger partial charge in [0.15, 0.2) is 11.5 Å². The molecule has 1 aromatic carbocycles. The van der Waals surface area contributed by atoms with Crippen molar-refractivity contribution in [2.75, 3.05) is 20.0 Å². The van der Waals surface area contributed by atoms with E-state index in [1.807, 2.05) is 18.2 Å². The van der Waals surface area contributed by atoms with Crippen LogP contribution in [0, 0.1) is 0 Å². The minimum absolute atomic E-state index is 0.568. The van der Waals surface area contributed by atoms with Crippen molar-refractivity contribution in [1.82, 2.24) is 0 Å². The summed E-state index contributed by atoms with van der Waals surface area (Å²) in [6.07, 6.45) is 1.49. The number of thioether (sulfide) groups is 1. The summed E-state index contributed by atoms with van der Waals surface area (Å²) in [7, 11) is 3.22. The summed E-state index contributed by atoms with van der Waals surface area (Å²) in [5.41, 5.74) is 0. The van der Waals surface area contributed by atoms with E-state index in [1.165, 1.54) is 0 Å². The number of benzene rings is 1. The summed E-state index contributed by atoms with van der Waals surface area (Å²) in [5, 5.41) is 0. The number of hydrogen-bond donors (Lipinski definition) is 0. The normalized spacial score (nSPS) is 9.73. The fourth-order valence-electron chi connectivity index (χ4n) is 1.13. The zero-order chi connectivity index (χ0) is 11.1. The zero-order valence-electron chi connectivity index (χ0n) is 8.86. The first-order valence-electron chi connectivity index (χ1n) is 4.60. The van der Waals surface area contributed by atoms with Crippen molar-refractivity contribution in [3.8, 4) is 11.5 Å². The Morgan fingerprint density at radius 2 is 2.00 bits per heavy atom. The van der Waals surface area contributed by atoms with Crippen LogP contribution < -0.4 is 9.47 Å². The van der Waals surface area contributed by atoms with Gasteiger partial charge in [0.2, 0.25) is 0 Å². The van der Waals surface area contributed by atoms with Crippen molar-refractivity contribution < 1.29 is 14.3 Å². The molecule has 4 heteroatoms. The van der Waals surface area contributed by atoms with Crippen LogP contribution in [0.2, 0.25) is 0 Å². The maximum atomic E-state index is 10.2. The van der Waals surface area contributed by atoms with Crippen molar-refractivity contribution in [2.24, 2.45) is 0 Å². The van der Waals surface area contributed by atoms with Crippen LogP contribution in [0.1, 0.15) is 6.42 Å². The van der Waals surface area contributed by atoms with Crippen molar-refractivity contribution in [3.63, 3.8) is 0 Å². The molecule has 0 heterocycles. The summed E-state index contributed by atoms with van der Waals surface area (Å²) < 4.78 is 10.3. The molecule has 82 valence electrons. The van der Waals surface area contributed by atoms with Crippen LogP contribution in [0.3, 0.4) is 0 Å². The number of carbonyl (C=O) groups is 1. The van der Waals surface area contributed by atoms with Crippen molar-refractivity contribution in [3.05, 3.63) is 18.2 Å². The molecule has 0 unspecified atom stereocenters. The van der Waals surface area contributed by atoms with Crippen LogP contribution in [-0.2, 0) is 4.79 Å². The largest absolute Gasteiger partial charge is 0.493 e. The lowest BCUT2D eigenvalue weighted by atomic mass is 10.3. The second-order valence-corrected chi connectivity index (χ2v) is 3.99. The Morgan fingerprint density at radius 3 is 2.60 bits per heavy atom. The van der Waals surface area contributed by atoms with Gasteiger partial charge in [0.1, 0.15) is 6.29 Å². The molecule has 0 saturated carbocycles. The van der Waals surface area contributed by atoms with Crippen LogP contribution >= 0.6 is 11.8 Å². The van der Waals surface area contributed by atoms with E-state index in [1.54, 1.807) is 26.0 Å². The van der Waals surface area contributed by atoms with Gasteiger partial charge in [0, 0.05) is 17.1 Å². The molecule has 0 aliphatic rings. The molecule has 0 atom stereocenters. The Bertz CT molecular complexity index is 326. The van der Waals surface area contributed by atoms with E-state index in [2.05, 4.69) is 0 Å².